The average molecular weight is 1400 g/mol. The highest BCUT2D eigenvalue weighted by atomic mass is 31.2. The lowest BCUT2D eigenvalue weighted by Gasteiger charge is -2.49. The van der Waals surface area contributed by atoms with Crippen LogP contribution in [0.15, 0.2) is 24.3 Å². The molecule has 0 spiro atoms. The van der Waals surface area contributed by atoms with Crippen LogP contribution in [0.3, 0.4) is 0 Å². The molecule has 18 unspecified atom stereocenters. The second kappa shape index (κ2) is 53.3. The molecule has 3 aliphatic rings. The lowest BCUT2D eigenvalue weighted by Crippen LogP contribution is -2.69. The fraction of sp³-hybridized carbons (Fsp3) is 0.901. The summed E-state index contributed by atoms with van der Waals surface area (Å²) < 4.78 is 64.9. The van der Waals surface area contributed by atoms with E-state index in [2.05, 4.69) is 45.1 Å². The number of phosphoric acid groups is 1. The predicted molar refractivity (Wildman–Crippen MR) is 361 cm³/mol. The number of carbonyl (C=O) groups excluding carboxylic acids is 3. The van der Waals surface area contributed by atoms with Gasteiger partial charge >= 0.3 is 25.7 Å². The van der Waals surface area contributed by atoms with Crippen molar-refractivity contribution in [1.29, 1.82) is 0 Å². The van der Waals surface area contributed by atoms with Crippen molar-refractivity contribution in [1.82, 2.24) is 0 Å². The molecule has 0 radical (unpaired) electrons. The number of aliphatic hydroxyl groups is 10. The van der Waals surface area contributed by atoms with Crippen molar-refractivity contribution in [2.24, 2.45) is 0 Å². The van der Waals surface area contributed by atoms with Crippen LogP contribution in [0.5, 0.6) is 0 Å². The first-order valence-corrected chi connectivity index (χ1v) is 38.6. The van der Waals surface area contributed by atoms with Gasteiger partial charge in [0, 0.05) is 19.3 Å². The zero-order valence-electron chi connectivity index (χ0n) is 58.4. The van der Waals surface area contributed by atoms with E-state index in [0.717, 1.165) is 135 Å². The molecule has 0 aromatic rings. The van der Waals surface area contributed by atoms with E-state index in [1.54, 1.807) is 0 Å². The van der Waals surface area contributed by atoms with Crippen molar-refractivity contribution < 1.29 is 117 Å². The topological polar surface area (TPSA) is 374 Å². The number of rotatable bonds is 57. The summed E-state index contributed by atoms with van der Waals surface area (Å²) in [7, 11) is -5.69. The zero-order chi connectivity index (χ0) is 70.4. The van der Waals surface area contributed by atoms with E-state index in [0.29, 0.717) is 19.3 Å². The molecule has 3 fully saturated rings. The maximum Gasteiger partial charge on any atom is 0.472 e. The molecule has 3 rings (SSSR count). The maximum atomic E-state index is 14.3. The molecule has 0 bridgehead atoms. The lowest BCUT2D eigenvalue weighted by molar-refractivity contribution is -0.360. The van der Waals surface area contributed by atoms with Crippen LogP contribution in [0.1, 0.15) is 278 Å². The fourth-order valence-corrected chi connectivity index (χ4v) is 13.1. The molecule has 24 nitrogen and oxygen atoms in total. The molecule has 11 N–H and O–H groups in total. The molecule has 2 heterocycles. The number of aliphatic hydroxyl groups excluding tert-OH is 10. The van der Waals surface area contributed by atoms with E-state index in [1.165, 1.54) is 83.5 Å². The summed E-state index contributed by atoms with van der Waals surface area (Å²) in [6.07, 6.45) is 12.5. The van der Waals surface area contributed by atoms with Crippen LogP contribution in [0, 0.1) is 0 Å². The van der Waals surface area contributed by atoms with Gasteiger partial charge in [0.2, 0.25) is 0 Å². The molecule has 2 aliphatic heterocycles. The van der Waals surface area contributed by atoms with Gasteiger partial charge in [-0.15, -0.1) is 0 Å². The normalized spacial score (nSPS) is 28.1. The predicted octanol–water partition coefficient (Wildman–Crippen LogP) is 9.74. The van der Waals surface area contributed by atoms with Crippen molar-refractivity contribution in [2.75, 3.05) is 26.4 Å². The van der Waals surface area contributed by atoms with E-state index >= 15 is 0 Å². The van der Waals surface area contributed by atoms with Crippen LogP contribution in [0.4, 0.5) is 0 Å². The van der Waals surface area contributed by atoms with Gasteiger partial charge in [-0.1, -0.05) is 212 Å². The van der Waals surface area contributed by atoms with Crippen LogP contribution in [-0.4, -0.2) is 204 Å². The van der Waals surface area contributed by atoms with Crippen molar-refractivity contribution in [3.8, 4) is 0 Å². The Labute approximate surface area is 573 Å². The molecule has 1 saturated carbocycles. The number of unbranched alkanes of at least 4 members (excludes halogenated alkanes) is 32. The second-order valence-corrected chi connectivity index (χ2v) is 28.1. The van der Waals surface area contributed by atoms with Gasteiger partial charge < -0.3 is 89.1 Å². The van der Waals surface area contributed by atoms with E-state index in [-0.39, 0.29) is 19.3 Å². The number of hydrogen-bond acceptors (Lipinski definition) is 23. The quantitative estimate of drug-likeness (QED) is 0.00886. The maximum absolute atomic E-state index is 14.3. The second-order valence-electron chi connectivity index (χ2n) is 26.7. The van der Waals surface area contributed by atoms with Gasteiger partial charge in [-0.05, 0) is 70.6 Å². The summed E-state index contributed by atoms with van der Waals surface area (Å²) in [5, 5.41) is 110. The standard InChI is InChI=1S/C71H129O24P/c1-4-7-10-13-16-19-22-24-26-28-31-33-36-39-42-45-55(73)87-49-52(90-57(75)47-44-41-38-35-30-21-18-15-12-9-6-3)50-89-96(85,86)95-69-67(93-70-65(83)60(78)58(76)53(48-72)91-70)63(81)62(80)64(82)68(69)94-71-66(84)61(79)59(77)54(92-71)51-88-56(74)46-43-40-37-34-32-29-27-25-23-20-17-14-11-8-5-2/h19-20,22-23,52-54,58-72,76-84H,4-18,21,24-51H2,1-3H3,(H,85,86)/b22-19-,23-20-. The Balaban J connectivity index is 1.73. The van der Waals surface area contributed by atoms with Gasteiger partial charge in [-0.3, -0.25) is 23.4 Å². The monoisotopic (exact) mass is 1400 g/mol. The van der Waals surface area contributed by atoms with Crippen molar-refractivity contribution in [2.45, 2.75) is 382 Å². The molecule has 0 aromatic carbocycles. The van der Waals surface area contributed by atoms with Crippen LogP contribution in [0.25, 0.3) is 0 Å². The molecule has 2 saturated heterocycles. The number of allylic oxidation sites excluding steroid dienone is 4. The highest BCUT2D eigenvalue weighted by molar-refractivity contribution is 7.47. The number of carbonyl (C=O) groups is 3. The minimum Gasteiger partial charge on any atom is -0.463 e. The molecular formula is C71H129O24P. The third-order valence-corrected chi connectivity index (χ3v) is 19.2. The first kappa shape index (κ1) is 87.7. The first-order valence-electron chi connectivity index (χ1n) is 37.1. The van der Waals surface area contributed by atoms with Crippen molar-refractivity contribution in [3.63, 3.8) is 0 Å². The molecule has 18 atom stereocenters. The molecule has 562 valence electrons. The van der Waals surface area contributed by atoms with Crippen molar-refractivity contribution in [3.05, 3.63) is 24.3 Å². The molecule has 25 heteroatoms. The Bertz CT molecular complexity index is 2090. The Morgan fingerprint density at radius 3 is 1.14 bits per heavy atom. The molecule has 1 aliphatic carbocycles. The van der Waals surface area contributed by atoms with Gasteiger partial charge in [0.1, 0.15) is 98.7 Å². The van der Waals surface area contributed by atoms with Crippen LogP contribution in [0.2, 0.25) is 0 Å². The Hall–Kier alpha value is -2.56. The van der Waals surface area contributed by atoms with Gasteiger partial charge in [0.05, 0.1) is 13.2 Å². The third kappa shape index (κ3) is 36.4. The highest BCUT2D eigenvalue weighted by Crippen LogP contribution is 2.49. The van der Waals surface area contributed by atoms with Crippen LogP contribution >= 0.6 is 7.82 Å². The number of hydrogen-bond donors (Lipinski definition) is 11. The summed E-state index contributed by atoms with van der Waals surface area (Å²) in [6.45, 7) is 3.39. The minimum absolute atomic E-state index is 0.0235. The first-order chi connectivity index (χ1) is 46.3. The number of phosphoric ester groups is 1. The fourth-order valence-electron chi connectivity index (χ4n) is 12.1. The summed E-state index contributed by atoms with van der Waals surface area (Å²) in [5.74, 6) is -2.00. The SMILES string of the molecule is CCCCCC/C=C\CCCCCCCCCC(=O)OCC(COP(=O)(O)OC1C(OC2OC(CO)C(O)C(O)C2O)C(O)C(O)C(O)C1OC1OC(COC(=O)CCCCCCCCC/C=C\CCCCCC)C(O)C(O)C1O)OC(=O)CCCCCCCCCCCCC. The van der Waals surface area contributed by atoms with E-state index in [1.807, 2.05) is 0 Å². The third-order valence-electron chi connectivity index (χ3n) is 18.2. The number of ether oxygens (including phenoxy) is 7. The molecule has 96 heavy (non-hydrogen) atoms. The van der Waals surface area contributed by atoms with Crippen LogP contribution < -0.4 is 0 Å². The number of esters is 3. The average Bonchev–Trinajstić information content (AvgIpc) is 0.765. The van der Waals surface area contributed by atoms with Gasteiger partial charge in [-0.25, -0.2) is 4.57 Å². The summed E-state index contributed by atoms with van der Waals surface area (Å²) in [6, 6.07) is 0. The van der Waals surface area contributed by atoms with Gasteiger partial charge in [0.25, 0.3) is 0 Å². The van der Waals surface area contributed by atoms with Gasteiger partial charge in [0.15, 0.2) is 18.7 Å². The zero-order valence-corrected chi connectivity index (χ0v) is 59.3. The molecule has 0 aromatic heterocycles. The van der Waals surface area contributed by atoms with E-state index in [9.17, 15) is 74.9 Å². The minimum atomic E-state index is -5.69. The largest absolute Gasteiger partial charge is 0.472 e. The Morgan fingerprint density at radius 1 is 0.396 bits per heavy atom. The van der Waals surface area contributed by atoms with Gasteiger partial charge in [-0.2, -0.15) is 0 Å². The van der Waals surface area contributed by atoms with E-state index < -0.39 is 156 Å². The Morgan fingerprint density at radius 2 is 0.729 bits per heavy atom. The smallest absolute Gasteiger partial charge is 0.463 e. The summed E-state index contributed by atoms with van der Waals surface area (Å²) in [5.41, 5.74) is 0. The van der Waals surface area contributed by atoms with Crippen LogP contribution in [-0.2, 0) is 61.2 Å². The van der Waals surface area contributed by atoms with Crippen molar-refractivity contribution >= 4 is 25.7 Å². The molecular weight excluding hydrogens is 1270 g/mol. The highest BCUT2D eigenvalue weighted by Gasteiger charge is 2.58. The summed E-state index contributed by atoms with van der Waals surface area (Å²) >= 11 is 0. The molecule has 0 amide bonds. The van der Waals surface area contributed by atoms with E-state index in [4.69, 9.17) is 42.2 Å². The summed E-state index contributed by atoms with van der Waals surface area (Å²) in [4.78, 5) is 50.9. The lowest BCUT2D eigenvalue weighted by atomic mass is 9.84. The Kier molecular flexibility index (Phi) is 48.7.